The number of nitrogens with two attached hydrogens (primary N) is 2. The highest BCUT2D eigenvalue weighted by atomic mass is 32.2. The van der Waals surface area contributed by atoms with E-state index in [1.807, 2.05) is 6.92 Å². The van der Waals surface area contributed by atoms with E-state index < -0.39 is 11.4 Å². The van der Waals surface area contributed by atoms with Crippen molar-refractivity contribution in [1.29, 1.82) is 0 Å². The van der Waals surface area contributed by atoms with E-state index >= 15 is 0 Å². The predicted molar refractivity (Wildman–Crippen MR) is 61.6 cm³/mol. The molecule has 7 heteroatoms. The average molecular weight is 246 g/mol. The molecule has 1 heterocycles. The molecule has 0 aliphatic carbocycles. The molecule has 2 unspecified atom stereocenters. The molecule has 0 radical (unpaired) electrons. The van der Waals surface area contributed by atoms with Crippen molar-refractivity contribution in [2.75, 3.05) is 0 Å². The maximum atomic E-state index is 11.0. The summed E-state index contributed by atoms with van der Waals surface area (Å²) in [4.78, 5) is 11.0. The summed E-state index contributed by atoms with van der Waals surface area (Å²) in [7, 11) is 0. The fourth-order valence-corrected chi connectivity index (χ4v) is 3.12. The van der Waals surface area contributed by atoms with E-state index in [1.54, 1.807) is 24.2 Å². The van der Waals surface area contributed by atoms with E-state index in [-0.39, 0.29) is 5.25 Å². The van der Waals surface area contributed by atoms with E-state index in [0.29, 0.717) is 6.42 Å². The molecule has 0 saturated carbocycles. The van der Waals surface area contributed by atoms with Crippen LogP contribution in [-0.4, -0.2) is 26.9 Å². The topological polar surface area (TPSA) is 94.9 Å². The van der Waals surface area contributed by atoms with Crippen LogP contribution in [0.2, 0.25) is 0 Å². The lowest BCUT2D eigenvalue weighted by atomic mass is 9.97. The monoisotopic (exact) mass is 246 g/mol. The average Bonchev–Trinajstić information content (AvgIpc) is 2.54. The van der Waals surface area contributed by atoms with Crippen LogP contribution in [0.3, 0.4) is 0 Å². The molecule has 0 saturated heterocycles. The lowest BCUT2D eigenvalue weighted by molar-refractivity contribution is -0.122. The Labute approximate surface area is 96.6 Å². The highest BCUT2D eigenvalue weighted by molar-refractivity contribution is 8.01. The van der Waals surface area contributed by atoms with Crippen LogP contribution in [0, 0.1) is 0 Å². The third kappa shape index (κ3) is 3.77. The molecule has 5 nitrogen and oxygen atoms in total. The molecule has 2 atom stereocenters. The first-order valence-corrected chi connectivity index (χ1v) is 6.19. The molecule has 4 N–H and O–H groups in total. The summed E-state index contributed by atoms with van der Waals surface area (Å²) in [5.74, 6) is -0.479. The molecule has 84 valence electrons. The Balaban J connectivity index is 2.49. The fourth-order valence-electron chi connectivity index (χ4n) is 1.13. The smallest absolute Gasteiger partial charge is 0.237 e. The molecule has 1 aromatic rings. The fraction of sp³-hybridized carbons (Fsp3) is 0.625. The normalized spacial score (nSPS) is 17.0. The number of thioether (sulfide) groups is 1. The van der Waals surface area contributed by atoms with E-state index in [2.05, 4.69) is 10.2 Å². The number of hydrogen-bond acceptors (Lipinski definition) is 6. The summed E-state index contributed by atoms with van der Waals surface area (Å²) >= 11 is 3.02. The number of hydrogen-bond donors (Lipinski definition) is 2. The summed E-state index contributed by atoms with van der Waals surface area (Å²) in [6.45, 7) is 3.63. The number of primary amides is 1. The van der Waals surface area contributed by atoms with Crippen molar-refractivity contribution in [2.45, 2.75) is 35.4 Å². The largest absolute Gasteiger partial charge is 0.368 e. The summed E-state index contributed by atoms with van der Waals surface area (Å²) in [6, 6.07) is 0. The number of nitrogens with zero attached hydrogens (tertiary/aromatic N) is 2. The minimum Gasteiger partial charge on any atom is -0.368 e. The van der Waals surface area contributed by atoms with E-state index in [0.717, 1.165) is 4.34 Å². The van der Waals surface area contributed by atoms with Gasteiger partial charge < -0.3 is 11.5 Å². The Hall–Kier alpha value is -0.660. The second-order valence-electron chi connectivity index (χ2n) is 3.62. The summed E-state index contributed by atoms with van der Waals surface area (Å²) in [5, 5.41) is 7.82. The van der Waals surface area contributed by atoms with E-state index in [1.165, 1.54) is 11.3 Å². The highest BCUT2D eigenvalue weighted by Crippen LogP contribution is 2.28. The third-order valence-corrected chi connectivity index (χ3v) is 3.83. The first kappa shape index (κ1) is 12.4. The molecule has 0 spiro atoms. The van der Waals surface area contributed by atoms with E-state index in [4.69, 9.17) is 11.5 Å². The second-order valence-corrected chi connectivity index (χ2v) is 6.14. The van der Waals surface area contributed by atoms with Gasteiger partial charge in [0.15, 0.2) is 4.34 Å². The van der Waals surface area contributed by atoms with Gasteiger partial charge in [-0.25, -0.2) is 0 Å². The van der Waals surface area contributed by atoms with Gasteiger partial charge >= 0.3 is 0 Å². The van der Waals surface area contributed by atoms with Gasteiger partial charge in [0.2, 0.25) is 5.91 Å². The molecule has 15 heavy (non-hydrogen) atoms. The zero-order valence-electron chi connectivity index (χ0n) is 8.64. The van der Waals surface area contributed by atoms with Gasteiger partial charge in [0, 0.05) is 5.25 Å². The van der Waals surface area contributed by atoms with Crippen LogP contribution < -0.4 is 11.5 Å². The first-order chi connectivity index (χ1) is 6.92. The Morgan fingerprint density at radius 1 is 1.80 bits per heavy atom. The molecule has 0 aliphatic rings. The molecule has 0 aliphatic heterocycles. The maximum absolute atomic E-state index is 11.0. The highest BCUT2D eigenvalue weighted by Gasteiger charge is 2.28. The van der Waals surface area contributed by atoms with Crippen molar-refractivity contribution >= 4 is 29.0 Å². The number of amides is 1. The Bertz CT molecular complexity index is 325. The molecule has 1 rings (SSSR count). The van der Waals surface area contributed by atoms with Crippen LogP contribution >= 0.6 is 23.1 Å². The van der Waals surface area contributed by atoms with Crippen LogP contribution in [0.15, 0.2) is 9.85 Å². The summed E-state index contributed by atoms with van der Waals surface area (Å²) in [6.07, 6.45) is 0.520. The molecular formula is C8H14N4OS2. The summed E-state index contributed by atoms with van der Waals surface area (Å²) in [5.41, 5.74) is 11.7. The van der Waals surface area contributed by atoms with Gasteiger partial charge in [-0.1, -0.05) is 30.0 Å². The predicted octanol–water partition coefficient (Wildman–Crippen LogP) is 0.612. The molecule has 0 fully saturated rings. The van der Waals surface area contributed by atoms with Crippen LogP contribution in [-0.2, 0) is 4.79 Å². The van der Waals surface area contributed by atoms with Gasteiger partial charge in [-0.05, 0) is 13.3 Å². The van der Waals surface area contributed by atoms with Crippen molar-refractivity contribution < 1.29 is 4.79 Å². The van der Waals surface area contributed by atoms with Crippen LogP contribution in [0.1, 0.15) is 20.3 Å². The Morgan fingerprint density at radius 2 is 2.47 bits per heavy atom. The van der Waals surface area contributed by atoms with Gasteiger partial charge in [-0.2, -0.15) is 0 Å². The van der Waals surface area contributed by atoms with Gasteiger partial charge in [-0.3, -0.25) is 4.79 Å². The molecule has 1 aromatic heterocycles. The van der Waals surface area contributed by atoms with Crippen molar-refractivity contribution in [2.24, 2.45) is 11.5 Å². The quantitative estimate of drug-likeness (QED) is 0.742. The van der Waals surface area contributed by atoms with Crippen LogP contribution in [0.4, 0.5) is 0 Å². The minimum absolute atomic E-state index is 0.181. The first-order valence-electron chi connectivity index (χ1n) is 4.43. The van der Waals surface area contributed by atoms with Gasteiger partial charge in [0.25, 0.3) is 0 Å². The zero-order valence-corrected chi connectivity index (χ0v) is 10.3. The number of rotatable bonds is 5. The summed E-state index contributed by atoms with van der Waals surface area (Å²) < 4.78 is 0.878. The third-order valence-electron chi connectivity index (χ3n) is 1.92. The van der Waals surface area contributed by atoms with Crippen LogP contribution in [0.5, 0.6) is 0 Å². The van der Waals surface area contributed by atoms with Gasteiger partial charge in [0.1, 0.15) is 5.51 Å². The minimum atomic E-state index is -0.961. The number of carbonyl (C=O) groups is 1. The molecule has 0 aromatic carbocycles. The van der Waals surface area contributed by atoms with Crippen molar-refractivity contribution in [3.8, 4) is 0 Å². The molecule has 0 bridgehead atoms. The molecule has 1 amide bonds. The zero-order chi connectivity index (χ0) is 11.5. The maximum Gasteiger partial charge on any atom is 0.237 e. The van der Waals surface area contributed by atoms with Crippen molar-refractivity contribution in [3.63, 3.8) is 0 Å². The number of carbonyl (C=O) groups excluding carboxylic acids is 1. The van der Waals surface area contributed by atoms with E-state index in [9.17, 15) is 4.79 Å². The standard InChI is InChI=1S/C8H14N4OS2/c1-5(3-8(2,10)6(9)13)15-7-12-11-4-14-7/h4-5H,3,10H2,1-2H3,(H2,9,13). The SMILES string of the molecule is CC(CC(C)(N)C(N)=O)Sc1nncs1. The van der Waals surface area contributed by atoms with Crippen molar-refractivity contribution in [3.05, 3.63) is 5.51 Å². The molecular weight excluding hydrogens is 232 g/mol. The lowest BCUT2D eigenvalue weighted by Gasteiger charge is -2.23. The number of aromatic nitrogens is 2. The Morgan fingerprint density at radius 3 is 2.93 bits per heavy atom. The lowest BCUT2D eigenvalue weighted by Crippen LogP contribution is -2.50. The second kappa shape index (κ2) is 4.91. The Kier molecular flexibility index (Phi) is 4.06. The van der Waals surface area contributed by atoms with Gasteiger partial charge in [0.05, 0.1) is 5.54 Å². The van der Waals surface area contributed by atoms with Gasteiger partial charge in [-0.15, -0.1) is 10.2 Å². The van der Waals surface area contributed by atoms with Crippen molar-refractivity contribution in [1.82, 2.24) is 10.2 Å². The van der Waals surface area contributed by atoms with Crippen LogP contribution in [0.25, 0.3) is 0 Å².